The summed E-state index contributed by atoms with van der Waals surface area (Å²) in [6.07, 6.45) is 0. The second-order valence-corrected chi connectivity index (χ2v) is 2.92. The highest BCUT2D eigenvalue weighted by Crippen LogP contribution is 2.12. The molecule has 1 rings (SSSR count). The Labute approximate surface area is 76.8 Å². The van der Waals surface area contributed by atoms with Crippen LogP contribution in [0.15, 0.2) is 0 Å². The van der Waals surface area contributed by atoms with Crippen LogP contribution in [-0.2, 0) is 6.54 Å². The summed E-state index contributed by atoms with van der Waals surface area (Å²) in [5, 5.41) is 12.6. The van der Waals surface area contributed by atoms with E-state index in [-0.39, 0.29) is 12.3 Å². The molecule has 0 unspecified atom stereocenters. The molecule has 0 saturated heterocycles. The quantitative estimate of drug-likeness (QED) is 0.638. The minimum Gasteiger partial charge on any atom is -0.294 e. The Morgan fingerprint density at radius 3 is 2.62 bits per heavy atom. The fourth-order valence-corrected chi connectivity index (χ4v) is 1.43. The molecule has 0 aliphatic heterocycles. The van der Waals surface area contributed by atoms with Crippen molar-refractivity contribution in [1.29, 1.82) is 5.26 Å². The molecule has 0 amide bonds. The fraction of sp³-hybridized carbons (Fsp3) is 0.444. The number of Topliss-reactive ketones (excluding diaryl/α,β-unsaturated/α-hetero) is 1. The number of hydrogen-bond donors (Lipinski definition) is 0. The van der Waals surface area contributed by atoms with Gasteiger partial charge in [-0.15, -0.1) is 0 Å². The van der Waals surface area contributed by atoms with E-state index in [1.54, 1.807) is 18.5 Å². The molecular formula is C9H11N3O. The van der Waals surface area contributed by atoms with Crippen molar-refractivity contribution < 1.29 is 4.79 Å². The number of hydrogen-bond acceptors (Lipinski definition) is 3. The zero-order valence-corrected chi connectivity index (χ0v) is 7.96. The lowest BCUT2D eigenvalue weighted by Crippen LogP contribution is -2.02. The Bertz CT molecular complexity index is 384. The highest BCUT2D eigenvalue weighted by molar-refractivity contribution is 5.96. The van der Waals surface area contributed by atoms with E-state index in [0.29, 0.717) is 11.3 Å². The number of carbonyl (C=O) groups is 1. The Balaban J connectivity index is 3.24. The topological polar surface area (TPSA) is 58.7 Å². The van der Waals surface area contributed by atoms with Crippen molar-refractivity contribution in [2.24, 2.45) is 0 Å². The predicted molar refractivity (Wildman–Crippen MR) is 47.3 cm³/mol. The molecule has 0 spiro atoms. The molecule has 0 saturated carbocycles. The van der Waals surface area contributed by atoms with Gasteiger partial charge in [-0.05, 0) is 20.8 Å². The number of aryl methyl sites for hydroxylation is 1. The number of nitriles is 1. The van der Waals surface area contributed by atoms with Crippen LogP contribution in [0, 0.1) is 25.2 Å². The van der Waals surface area contributed by atoms with E-state index in [4.69, 9.17) is 5.26 Å². The van der Waals surface area contributed by atoms with E-state index in [1.165, 1.54) is 6.92 Å². The van der Waals surface area contributed by atoms with Crippen LogP contribution in [0.1, 0.15) is 28.7 Å². The molecule has 68 valence electrons. The lowest BCUT2D eigenvalue weighted by Gasteiger charge is -1.96. The standard InChI is InChI=1S/C9H11N3O/c1-6-9(8(3)13)7(2)12(11-6)5-4-10/h5H2,1-3H3. The minimum atomic E-state index is -0.000750. The van der Waals surface area contributed by atoms with Crippen LogP contribution in [0.4, 0.5) is 0 Å². The molecule has 0 atom stereocenters. The summed E-state index contributed by atoms with van der Waals surface area (Å²) >= 11 is 0. The first-order valence-corrected chi connectivity index (χ1v) is 3.99. The fourth-order valence-electron chi connectivity index (χ4n) is 1.43. The lowest BCUT2D eigenvalue weighted by molar-refractivity contribution is 0.101. The van der Waals surface area contributed by atoms with Crippen LogP contribution in [0.25, 0.3) is 0 Å². The third kappa shape index (κ3) is 1.59. The highest BCUT2D eigenvalue weighted by Gasteiger charge is 2.14. The van der Waals surface area contributed by atoms with Crippen molar-refractivity contribution in [2.75, 3.05) is 0 Å². The zero-order chi connectivity index (χ0) is 10.0. The van der Waals surface area contributed by atoms with Gasteiger partial charge < -0.3 is 0 Å². The molecule has 13 heavy (non-hydrogen) atoms. The van der Waals surface area contributed by atoms with Crippen LogP contribution in [0.5, 0.6) is 0 Å². The summed E-state index contributed by atoms with van der Waals surface area (Å²) in [4.78, 5) is 11.2. The van der Waals surface area contributed by atoms with Crippen LogP contribution in [-0.4, -0.2) is 15.6 Å². The number of ketones is 1. The maximum Gasteiger partial charge on any atom is 0.163 e. The van der Waals surface area contributed by atoms with Gasteiger partial charge in [0.2, 0.25) is 0 Å². The lowest BCUT2D eigenvalue weighted by atomic mass is 10.1. The normalized spacial score (nSPS) is 9.69. The smallest absolute Gasteiger partial charge is 0.163 e. The molecule has 0 N–H and O–H groups in total. The van der Waals surface area contributed by atoms with Crippen LogP contribution in [0.3, 0.4) is 0 Å². The van der Waals surface area contributed by atoms with Gasteiger partial charge in [0, 0.05) is 5.69 Å². The summed E-state index contributed by atoms with van der Waals surface area (Å²) < 4.78 is 1.55. The maximum atomic E-state index is 11.2. The summed E-state index contributed by atoms with van der Waals surface area (Å²) in [5.41, 5.74) is 2.10. The molecule has 0 radical (unpaired) electrons. The third-order valence-corrected chi connectivity index (χ3v) is 1.95. The van der Waals surface area contributed by atoms with Crippen molar-refractivity contribution >= 4 is 5.78 Å². The summed E-state index contributed by atoms with van der Waals surface area (Å²) in [6.45, 7) is 5.28. The first-order chi connectivity index (χ1) is 6.07. The molecule has 1 heterocycles. The summed E-state index contributed by atoms with van der Waals surface area (Å²) in [7, 11) is 0. The Hall–Kier alpha value is -1.63. The number of nitrogens with zero attached hydrogens (tertiary/aromatic N) is 3. The summed E-state index contributed by atoms with van der Waals surface area (Å²) in [5.74, 6) is -0.000750. The van der Waals surface area contributed by atoms with Crippen LogP contribution in [0.2, 0.25) is 0 Å². The number of carbonyl (C=O) groups excluding carboxylic acids is 1. The predicted octanol–water partition coefficient (Wildman–Crippen LogP) is 1.23. The monoisotopic (exact) mass is 177 g/mol. The van der Waals surface area contributed by atoms with Gasteiger partial charge in [-0.2, -0.15) is 10.4 Å². The van der Waals surface area contributed by atoms with E-state index >= 15 is 0 Å². The van der Waals surface area contributed by atoms with Gasteiger partial charge in [-0.1, -0.05) is 0 Å². The van der Waals surface area contributed by atoms with Gasteiger partial charge in [0.1, 0.15) is 6.54 Å². The second kappa shape index (κ2) is 3.40. The van der Waals surface area contributed by atoms with Gasteiger partial charge >= 0.3 is 0 Å². The average molecular weight is 177 g/mol. The largest absolute Gasteiger partial charge is 0.294 e. The summed E-state index contributed by atoms with van der Waals surface area (Å²) in [6, 6.07) is 1.99. The number of rotatable bonds is 2. The van der Waals surface area contributed by atoms with Crippen molar-refractivity contribution in [3.63, 3.8) is 0 Å². The SMILES string of the molecule is CC(=O)c1c(C)nn(CC#N)c1C. The van der Waals surface area contributed by atoms with E-state index in [0.717, 1.165) is 5.69 Å². The van der Waals surface area contributed by atoms with Crippen molar-refractivity contribution in [2.45, 2.75) is 27.3 Å². The van der Waals surface area contributed by atoms with Gasteiger partial charge in [0.25, 0.3) is 0 Å². The molecule has 4 heteroatoms. The Morgan fingerprint density at radius 1 is 1.62 bits per heavy atom. The third-order valence-electron chi connectivity index (χ3n) is 1.95. The average Bonchev–Trinajstić information content (AvgIpc) is 2.28. The molecule has 1 aromatic heterocycles. The number of aromatic nitrogens is 2. The van der Waals surface area contributed by atoms with Crippen LogP contribution < -0.4 is 0 Å². The molecule has 0 fully saturated rings. The zero-order valence-electron chi connectivity index (χ0n) is 7.96. The first kappa shape index (κ1) is 9.46. The Morgan fingerprint density at radius 2 is 2.23 bits per heavy atom. The van der Waals surface area contributed by atoms with Gasteiger partial charge in [0.15, 0.2) is 5.78 Å². The van der Waals surface area contributed by atoms with E-state index in [2.05, 4.69) is 5.10 Å². The van der Waals surface area contributed by atoms with Crippen molar-refractivity contribution in [3.05, 3.63) is 17.0 Å². The maximum absolute atomic E-state index is 11.2. The van der Waals surface area contributed by atoms with Crippen molar-refractivity contribution in [3.8, 4) is 6.07 Å². The van der Waals surface area contributed by atoms with E-state index in [1.807, 2.05) is 6.07 Å². The molecule has 4 nitrogen and oxygen atoms in total. The molecule has 0 aliphatic carbocycles. The van der Waals surface area contributed by atoms with E-state index < -0.39 is 0 Å². The van der Waals surface area contributed by atoms with Gasteiger partial charge in [0.05, 0.1) is 17.3 Å². The molecular weight excluding hydrogens is 166 g/mol. The minimum absolute atomic E-state index is 0.000750. The Kier molecular flexibility index (Phi) is 2.47. The van der Waals surface area contributed by atoms with Crippen LogP contribution >= 0.6 is 0 Å². The molecule has 1 aromatic rings. The highest BCUT2D eigenvalue weighted by atomic mass is 16.1. The van der Waals surface area contributed by atoms with Gasteiger partial charge in [-0.25, -0.2) is 0 Å². The molecule has 0 aliphatic rings. The van der Waals surface area contributed by atoms with Crippen molar-refractivity contribution in [1.82, 2.24) is 9.78 Å². The first-order valence-electron chi connectivity index (χ1n) is 3.99. The molecule has 0 bridgehead atoms. The van der Waals surface area contributed by atoms with E-state index in [9.17, 15) is 4.79 Å². The second-order valence-electron chi connectivity index (χ2n) is 2.92. The molecule has 0 aromatic carbocycles. The van der Waals surface area contributed by atoms with Gasteiger partial charge in [-0.3, -0.25) is 9.48 Å².